The zero-order valence-electron chi connectivity index (χ0n) is 9.29. The molecule has 0 aliphatic heterocycles. The topological polar surface area (TPSA) is 12.9 Å². The second-order valence-electron chi connectivity index (χ2n) is 4.21. The molecule has 0 aliphatic rings. The lowest BCUT2D eigenvalue weighted by molar-refractivity contribution is 0.488. The molecule has 1 aromatic rings. The molecule has 14 heavy (non-hydrogen) atoms. The van der Waals surface area contributed by atoms with Crippen LogP contribution in [0.3, 0.4) is 0 Å². The summed E-state index contributed by atoms with van der Waals surface area (Å²) in [5.41, 5.74) is 2.41. The molecule has 2 atom stereocenters. The number of hydrogen-bond donors (Lipinski definition) is 0. The normalized spacial score (nSPS) is 15.6. The molecular weight excluding hydrogens is 238 g/mol. The summed E-state index contributed by atoms with van der Waals surface area (Å²) in [5, 5.41) is 0. The molecule has 0 saturated heterocycles. The fourth-order valence-corrected chi connectivity index (χ4v) is 2.66. The second kappa shape index (κ2) is 4.92. The van der Waals surface area contributed by atoms with E-state index in [0.29, 0.717) is 16.7 Å². The Morgan fingerprint density at radius 3 is 2.21 bits per heavy atom. The fourth-order valence-electron chi connectivity index (χ4n) is 1.78. The van der Waals surface area contributed by atoms with Crippen molar-refractivity contribution >= 4 is 15.9 Å². The molecule has 78 valence electrons. The minimum absolute atomic E-state index is 0.470. The van der Waals surface area contributed by atoms with Gasteiger partial charge in [0.1, 0.15) is 0 Å². The van der Waals surface area contributed by atoms with Crippen LogP contribution in [0.15, 0.2) is 18.3 Å². The van der Waals surface area contributed by atoms with Crippen LogP contribution < -0.4 is 0 Å². The molecule has 0 bridgehead atoms. The highest BCUT2D eigenvalue weighted by molar-refractivity contribution is 9.09. The van der Waals surface area contributed by atoms with Crippen molar-refractivity contribution in [1.82, 2.24) is 4.98 Å². The molecule has 2 unspecified atom stereocenters. The van der Waals surface area contributed by atoms with Crippen molar-refractivity contribution in [2.24, 2.45) is 5.92 Å². The Labute approximate surface area is 95.1 Å². The second-order valence-corrected chi connectivity index (χ2v) is 5.65. The molecule has 0 spiro atoms. The number of rotatable bonds is 3. The maximum absolute atomic E-state index is 4.49. The molecule has 0 radical (unpaired) electrons. The first-order valence-corrected chi connectivity index (χ1v) is 6.00. The molecule has 1 rings (SSSR count). The van der Waals surface area contributed by atoms with Crippen LogP contribution in [0.4, 0.5) is 0 Å². The van der Waals surface area contributed by atoms with Crippen LogP contribution in [-0.2, 0) is 0 Å². The van der Waals surface area contributed by atoms with Gasteiger partial charge in [-0.15, -0.1) is 0 Å². The summed E-state index contributed by atoms with van der Waals surface area (Å²) < 4.78 is 0. The zero-order chi connectivity index (χ0) is 10.7. The number of aryl methyl sites for hydroxylation is 1. The van der Waals surface area contributed by atoms with Gasteiger partial charge >= 0.3 is 0 Å². The van der Waals surface area contributed by atoms with E-state index in [-0.39, 0.29) is 0 Å². The number of halogens is 1. The molecule has 1 nitrogen and oxygen atoms in total. The number of nitrogens with zero attached hydrogens (tertiary/aromatic N) is 1. The van der Waals surface area contributed by atoms with E-state index in [4.69, 9.17) is 0 Å². The average molecular weight is 256 g/mol. The van der Waals surface area contributed by atoms with Crippen molar-refractivity contribution in [1.29, 1.82) is 0 Å². The molecule has 0 saturated carbocycles. The van der Waals surface area contributed by atoms with Crippen molar-refractivity contribution < 1.29 is 0 Å². The fraction of sp³-hybridized carbons (Fsp3) is 0.583. The summed E-state index contributed by atoms with van der Waals surface area (Å²) in [6.07, 6.45) is 1.94. The zero-order valence-corrected chi connectivity index (χ0v) is 10.9. The molecular formula is C12H18BrN. The van der Waals surface area contributed by atoms with Gasteiger partial charge in [0.25, 0.3) is 0 Å². The smallest absolute Gasteiger partial charge is 0.0448 e. The Morgan fingerprint density at radius 2 is 1.86 bits per heavy atom. The standard InChI is InChI=1S/C12H18BrN/c1-8(2)12(10(4)13)11-6-5-9(3)7-14-11/h5-8,10,12H,1-4H3. The van der Waals surface area contributed by atoms with Gasteiger partial charge in [0.15, 0.2) is 0 Å². The quantitative estimate of drug-likeness (QED) is 0.747. The SMILES string of the molecule is Cc1ccc(C(C(C)C)C(C)Br)nc1. The summed E-state index contributed by atoms with van der Waals surface area (Å²) in [4.78, 5) is 4.96. The van der Waals surface area contributed by atoms with E-state index >= 15 is 0 Å². The highest BCUT2D eigenvalue weighted by atomic mass is 79.9. The predicted molar refractivity (Wildman–Crippen MR) is 64.9 cm³/mol. The molecule has 0 aromatic carbocycles. The largest absolute Gasteiger partial charge is 0.261 e. The average Bonchev–Trinajstić information content (AvgIpc) is 2.07. The van der Waals surface area contributed by atoms with Gasteiger partial charge in [-0.3, -0.25) is 4.98 Å². The van der Waals surface area contributed by atoms with Crippen molar-refractivity contribution in [3.63, 3.8) is 0 Å². The Balaban J connectivity index is 2.94. The van der Waals surface area contributed by atoms with E-state index in [1.807, 2.05) is 6.20 Å². The Hall–Kier alpha value is -0.370. The number of alkyl halides is 1. The molecule has 1 heterocycles. The van der Waals surface area contributed by atoms with Gasteiger partial charge in [0, 0.05) is 22.6 Å². The van der Waals surface area contributed by atoms with Gasteiger partial charge in [-0.2, -0.15) is 0 Å². The first-order chi connectivity index (χ1) is 6.52. The van der Waals surface area contributed by atoms with Gasteiger partial charge in [0.05, 0.1) is 0 Å². The molecule has 0 aliphatic carbocycles. The van der Waals surface area contributed by atoms with E-state index in [2.05, 4.69) is 60.7 Å². The maximum atomic E-state index is 4.49. The maximum Gasteiger partial charge on any atom is 0.0448 e. The van der Waals surface area contributed by atoms with Crippen molar-refractivity contribution in [2.45, 2.75) is 38.4 Å². The van der Waals surface area contributed by atoms with E-state index < -0.39 is 0 Å². The first-order valence-electron chi connectivity index (χ1n) is 5.09. The number of aromatic nitrogens is 1. The van der Waals surface area contributed by atoms with Crippen molar-refractivity contribution in [3.8, 4) is 0 Å². The lowest BCUT2D eigenvalue weighted by atomic mass is 9.89. The number of hydrogen-bond acceptors (Lipinski definition) is 1. The van der Waals surface area contributed by atoms with Crippen LogP contribution in [0.2, 0.25) is 0 Å². The van der Waals surface area contributed by atoms with Crippen LogP contribution in [0.1, 0.15) is 37.9 Å². The number of pyridine rings is 1. The van der Waals surface area contributed by atoms with Gasteiger partial charge < -0.3 is 0 Å². The Morgan fingerprint density at radius 1 is 1.21 bits per heavy atom. The molecule has 1 aromatic heterocycles. The van der Waals surface area contributed by atoms with E-state index in [1.54, 1.807) is 0 Å². The van der Waals surface area contributed by atoms with Gasteiger partial charge in [-0.05, 0) is 24.5 Å². The third-order valence-electron chi connectivity index (χ3n) is 2.49. The molecule has 0 amide bonds. The predicted octanol–water partition coefficient (Wildman–Crippen LogP) is 3.91. The molecule has 0 N–H and O–H groups in total. The molecule has 0 fully saturated rings. The first kappa shape index (κ1) is 11.7. The van der Waals surface area contributed by atoms with E-state index in [1.165, 1.54) is 11.3 Å². The Bertz CT molecular complexity index is 269. The van der Waals surface area contributed by atoms with Crippen molar-refractivity contribution in [2.75, 3.05) is 0 Å². The van der Waals surface area contributed by atoms with Crippen LogP contribution in [0, 0.1) is 12.8 Å². The summed E-state index contributed by atoms with van der Waals surface area (Å²) in [6, 6.07) is 4.27. The van der Waals surface area contributed by atoms with Gasteiger partial charge in [-0.1, -0.05) is 42.8 Å². The van der Waals surface area contributed by atoms with E-state index in [9.17, 15) is 0 Å². The third kappa shape index (κ3) is 2.81. The van der Waals surface area contributed by atoms with Gasteiger partial charge in [-0.25, -0.2) is 0 Å². The van der Waals surface area contributed by atoms with Gasteiger partial charge in [0.2, 0.25) is 0 Å². The van der Waals surface area contributed by atoms with Crippen LogP contribution >= 0.6 is 15.9 Å². The summed E-state index contributed by atoms with van der Waals surface area (Å²) in [7, 11) is 0. The van der Waals surface area contributed by atoms with Crippen molar-refractivity contribution in [3.05, 3.63) is 29.6 Å². The highest BCUT2D eigenvalue weighted by Crippen LogP contribution is 2.30. The third-order valence-corrected chi connectivity index (χ3v) is 3.06. The lowest BCUT2D eigenvalue weighted by Crippen LogP contribution is -2.16. The highest BCUT2D eigenvalue weighted by Gasteiger charge is 2.21. The summed E-state index contributed by atoms with van der Waals surface area (Å²) in [6.45, 7) is 8.73. The van der Waals surface area contributed by atoms with Crippen LogP contribution in [-0.4, -0.2) is 9.81 Å². The van der Waals surface area contributed by atoms with E-state index in [0.717, 1.165) is 0 Å². The monoisotopic (exact) mass is 255 g/mol. The van der Waals surface area contributed by atoms with Crippen LogP contribution in [0.5, 0.6) is 0 Å². The van der Waals surface area contributed by atoms with Crippen LogP contribution in [0.25, 0.3) is 0 Å². The molecule has 2 heteroatoms. The lowest BCUT2D eigenvalue weighted by Gasteiger charge is -2.22. The minimum atomic E-state index is 0.470. The minimum Gasteiger partial charge on any atom is -0.261 e. The Kier molecular flexibility index (Phi) is 4.11. The summed E-state index contributed by atoms with van der Waals surface area (Å²) in [5.74, 6) is 1.11. The summed E-state index contributed by atoms with van der Waals surface area (Å²) >= 11 is 3.66.